The Bertz CT molecular complexity index is 619. The molecule has 1 aromatic heterocycles. The largest absolute Gasteiger partial charge is 0.379 e. The number of carbonyl (C=O) groups is 2. The van der Waals surface area contributed by atoms with Crippen LogP contribution in [0.2, 0.25) is 0 Å². The third-order valence-electron chi connectivity index (χ3n) is 5.54. The van der Waals surface area contributed by atoms with E-state index in [1.54, 1.807) is 11.3 Å². The smallest absolute Gasteiger partial charge is 0.220 e. The standard InChI is InChI=1S/C21H34N2O3S/c1-5-17(6-2)19(23-9-11-26-12-10-23)14-22-21(25)8-7-20(24)18-13-15(3)27-16(18)4/h13,17,19H,5-12,14H2,1-4H3,(H,22,25). The van der Waals surface area contributed by atoms with E-state index in [1.165, 1.54) is 0 Å². The van der Waals surface area contributed by atoms with Crippen molar-refractivity contribution in [2.75, 3.05) is 32.8 Å². The van der Waals surface area contributed by atoms with Crippen LogP contribution in [0.4, 0.5) is 0 Å². The highest BCUT2D eigenvalue weighted by Gasteiger charge is 2.27. The minimum absolute atomic E-state index is 0.0304. The number of Topliss-reactive ketones (excluding diaryl/α,β-unsaturated/α-hetero) is 1. The fraction of sp³-hybridized carbons (Fsp3) is 0.714. The van der Waals surface area contributed by atoms with Gasteiger partial charge in [0.15, 0.2) is 5.78 Å². The summed E-state index contributed by atoms with van der Waals surface area (Å²) in [5.74, 6) is 0.593. The van der Waals surface area contributed by atoms with Crippen molar-refractivity contribution in [3.63, 3.8) is 0 Å². The summed E-state index contributed by atoms with van der Waals surface area (Å²) >= 11 is 1.63. The summed E-state index contributed by atoms with van der Waals surface area (Å²) in [7, 11) is 0. The van der Waals surface area contributed by atoms with E-state index in [0.717, 1.165) is 54.5 Å². The topological polar surface area (TPSA) is 58.6 Å². The monoisotopic (exact) mass is 394 g/mol. The van der Waals surface area contributed by atoms with Crippen LogP contribution in [0.5, 0.6) is 0 Å². The van der Waals surface area contributed by atoms with E-state index >= 15 is 0 Å². The van der Waals surface area contributed by atoms with Crippen LogP contribution >= 0.6 is 11.3 Å². The Balaban J connectivity index is 1.85. The molecule has 1 atom stereocenters. The third kappa shape index (κ3) is 6.40. The second kappa shape index (κ2) is 10.9. The number of hydrogen-bond acceptors (Lipinski definition) is 5. The van der Waals surface area contributed by atoms with E-state index in [0.29, 0.717) is 18.5 Å². The van der Waals surface area contributed by atoms with Crippen molar-refractivity contribution in [3.8, 4) is 0 Å². The Morgan fingerprint density at radius 1 is 1.19 bits per heavy atom. The molecule has 0 saturated carbocycles. The maximum Gasteiger partial charge on any atom is 0.220 e. The second-order valence-corrected chi connectivity index (χ2v) is 8.81. The highest BCUT2D eigenvalue weighted by atomic mass is 32.1. The summed E-state index contributed by atoms with van der Waals surface area (Å²) in [6.45, 7) is 12.4. The lowest BCUT2D eigenvalue weighted by molar-refractivity contribution is -0.121. The quantitative estimate of drug-likeness (QED) is 0.616. The summed E-state index contributed by atoms with van der Waals surface area (Å²) in [4.78, 5) is 29.4. The highest BCUT2D eigenvalue weighted by Crippen LogP contribution is 2.22. The van der Waals surface area contributed by atoms with Crippen molar-refractivity contribution >= 4 is 23.0 Å². The molecule has 1 aromatic rings. The molecular weight excluding hydrogens is 360 g/mol. The predicted octanol–water partition coefficient (Wildman–Crippen LogP) is 3.58. The van der Waals surface area contributed by atoms with E-state index in [2.05, 4.69) is 24.1 Å². The molecule has 1 fully saturated rings. The minimum atomic E-state index is -0.0304. The number of morpholine rings is 1. The summed E-state index contributed by atoms with van der Waals surface area (Å²) in [6.07, 6.45) is 2.73. The van der Waals surface area contributed by atoms with Crippen LogP contribution in [0.1, 0.15) is 59.6 Å². The van der Waals surface area contributed by atoms with E-state index in [9.17, 15) is 9.59 Å². The Kier molecular flexibility index (Phi) is 8.93. The van der Waals surface area contributed by atoms with Crippen LogP contribution in [0.3, 0.4) is 0 Å². The van der Waals surface area contributed by atoms with Crippen molar-refractivity contribution in [1.82, 2.24) is 10.2 Å². The fourth-order valence-electron chi connectivity index (χ4n) is 3.91. The van der Waals surface area contributed by atoms with Crippen LogP contribution in [0, 0.1) is 19.8 Å². The molecule has 1 aliphatic heterocycles. The van der Waals surface area contributed by atoms with Gasteiger partial charge >= 0.3 is 0 Å². The van der Waals surface area contributed by atoms with Gasteiger partial charge in [-0.3, -0.25) is 14.5 Å². The molecule has 0 spiro atoms. The minimum Gasteiger partial charge on any atom is -0.379 e. The number of nitrogens with one attached hydrogen (secondary N) is 1. The summed E-state index contributed by atoms with van der Waals surface area (Å²) in [6, 6.07) is 2.27. The molecule has 27 heavy (non-hydrogen) atoms. The SMILES string of the molecule is CCC(CC)C(CNC(=O)CCC(=O)c1cc(C)sc1C)N1CCOCC1. The van der Waals surface area contributed by atoms with Gasteiger partial charge in [-0.15, -0.1) is 11.3 Å². The number of rotatable bonds is 10. The van der Waals surface area contributed by atoms with Gasteiger partial charge in [0.05, 0.1) is 13.2 Å². The molecule has 0 bridgehead atoms. The van der Waals surface area contributed by atoms with Gasteiger partial charge in [-0.2, -0.15) is 0 Å². The number of hydrogen-bond donors (Lipinski definition) is 1. The van der Waals surface area contributed by atoms with Crippen molar-refractivity contribution in [3.05, 3.63) is 21.4 Å². The van der Waals surface area contributed by atoms with Crippen molar-refractivity contribution < 1.29 is 14.3 Å². The number of ether oxygens (including phenoxy) is 1. The average Bonchev–Trinajstić information content (AvgIpc) is 3.02. The van der Waals surface area contributed by atoms with Crippen LogP contribution in [0.15, 0.2) is 6.07 Å². The van der Waals surface area contributed by atoms with Gasteiger partial charge in [-0.25, -0.2) is 0 Å². The van der Waals surface area contributed by atoms with Crippen LogP contribution < -0.4 is 5.32 Å². The second-order valence-electron chi connectivity index (χ2n) is 7.35. The van der Waals surface area contributed by atoms with E-state index < -0.39 is 0 Å². The Labute approximate surface area is 167 Å². The third-order valence-corrected chi connectivity index (χ3v) is 6.50. The molecule has 0 radical (unpaired) electrons. The molecule has 2 heterocycles. The molecular formula is C21H34N2O3S. The Morgan fingerprint density at radius 3 is 2.41 bits per heavy atom. The molecule has 1 saturated heterocycles. The van der Waals surface area contributed by atoms with Gasteiger partial charge in [0.25, 0.3) is 0 Å². The van der Waals surface area contributed by atoms with E-state index in [4.69, 9.17) is 4.74 Å². The number of ketones is 1. The highest BCUT2D eigenvalue weighted by molar-refractivity contribution is 7.12. The zero-order valence-electron chi connectivity index (χ0n) is 17.2. The molecule has 1 unspecified atom stereocenters. The lowest BCUT2D eigenvalue weighted by Gasteiger charge is -2.38. The maximum absolute atomic E-state index is 12.4. The van der Waals surface area contributed by atoms with Crippen LogP contribution in [0.25, 0.3) is 0 Å². The predicted molar refractivity (Wildman–Crippen MR) is 111 cm³/mol. The lowest BCUT2D eigenvalue weighted by atomic mass is 9.92. The Morgan fingerprint density at radius 2 is 1.85 bits per heavy atom. The summed E-state index contributed by atoms with van der Waals surface area (Å²) in [5.41, 5.74) is 0.772. The van der Waals surface area contributed by atoms with Gasteiger partial charge in [-0.05, 0) is 25.8 Å². The van der Waals surface area contributed by atoms with Gasteiger partial charge < -0.3 is 10.1 Å². The molecule has 5 nitrogen and oxygen atoms in total. The number of aryl methyl sites for hydroxylation is 2. The van der Waals surface area contributed by atoms with Gasteiger partial charge in [-0.1, -0.05) is 26.7 Å². The van der Waals surface area contributed by atoms with Crippen LogP contribution in [-0.4, -0.2) is 55.5 Å². The lowest BCUT2D eigenvalue weighted by Crippen LogP contribution is -2.52. The molecule has 1 N–H and O–H groups in total. The van der Waals surface area contributed by atoms with Gasteiger partial charge in [0, 0.05) is 53.8 Å². The van der Waals surface area contributed by atoms with E-state index in [-0.39, 0.29) is 24.5 Å². The molecule has 2 rings (SSSR count). The zero-order valence-corrected chi connectivity index (χ0v) is 18.0. The van der Waals surface area contributed by atoms with Crippen LogP contribution in [-0.2, 0) is 9.53 Å². The fourth-order valence-corrected chi connectivity index (χ4v) is 4.85. The van der Waals surface area contributed by atoms with Gasteiger partial charge in [0.2, 0.25) is 5.91 Å². The average molecular weight is 395 g/mol. The van der Waals surface area contributed by atoms with Crippen molar-refractivity contribution in [2.24, 2.45) is 5.92 Å². The molecule has 0 aromatic carbocycles. The number of thiophene rings is 1. The summed E-state index contributed by atoms with van der Waals surface area (Å²) in [5, 5.41) is 3.08. The van der Waals surface area contributed by atoms with Gasteiger partial charge in [0.1, 0.15) is 0 Å². The summed E-state index contributed by atoms with van der Waals surface area (Å²) < 4.78 is 5.48. The zero-order chi connectivity index (χ0) is 19.8. The molecule has 1 amide bonds. The first-order valence-corrected chi connectivity index (χ1v) is 11.0. The molecule has 1 aliphatic rings. The molecule has 0 aliphatic carbocycles. The van der Waals surface area contributed by atoms with Crippen molar-refractivity contribution in [2.45, 2.75) is 59.4 Å². The van der Waals surface area contributed by atoms with Crippen molar-refractivity contribution in [1.29, 1.82) is 0 Å². The first-order valence-electron chi connectivity index (χ1n) is 10.1. The van der Waals surface area contributed by atoms with E-state index in [1.807, 2.05) is 19.9 Å². The molecule has 6 heteroatoms. The number of nitrogens with zero attached hydrogens (tertiary/aromatic N) is 1. The normalized spacial score (nSPS) is 16.5. The maximum atomic E-state index is 12.4. The first kappa shape index (κ1) is 22.1. The molecule has 152 valence electrons. The Hall–Kier alpha value is -1.24. The number of carbonyl (C=O) groups excluding carboxylic acids is 2. The number of amides is 1. The first-order chi connectivity index (χ1) is 13.0.